The number of nitrogen functional groups attached to an aromatic ring is 1. The number of nitrogens with two attached hydrogens (primary N) is 1. The second kappa shape index (κ2) is 5.04. The van der Waals surface area contributed by atoms with E-state index in [0.717, 1.165) is 11.3 Å². The van der Waals surface area contributed by atoms with Crippen LogP contribution in [0.1, 0.15) is 16.1 Å². The van der Waals surface area contributed by atoms with Crippen LogP contribution in [0.15, 0.2) is 18.3 Å². The van der Waals surface area contributed by atoms with Crippen molar-refractivity contribution >= 4 is 33.1 Å². The zero-order chi connectivity index (χ0) is 14.0. The Labute approximate surface area is 110 Å². The highest BCUT2D eigenvalue weighted by Crippen LogP contribution is 2.31. The third kappa shape index (κ3) is 3.14. The molecule has 0 bridgehead atoms. The van der Waals surface area contributed by atoms with Crippen LogP contribution in [-0.4, -0.2) is 23.6 Å². The van der Waals surface area contributed by atoms with Crippen LogP contribution in [0, 0.1) is 0 Å². The van der Waals surface area contributed by atoms with Gasteiger partial charge in [0, 0.05) is 18.1 Å². The fraction of sp³-hybridized carbons (Fsp3) is 0.273. The number of alkyl halides is 3. The summed E-state index contributed by atoms with van der Waals surface area (Å²) in [5.41, 5.74) is 6.03. The number of amides is 1. The molecule has 0 spiro atoms. The molecule has 0 atom stereocenters. The fourth-order valence-corrected chi connectivity index (χ4v) is 2.50. The molecule has 0 aliphatic heterocycles. The average Bonchev–Trinajstić information content (AvgIpc) is 2.66. The lowest BCUT2D eigenvalue weighted by molar-refractivity contribution is -0.132. The summed E-state index contributed by atoms with van der Waals surface area (Å²) in [5, 5.41) is 2.83. The SMILES string of the molecule is Nc1c(C(=O)NCCC(F)(F)F)sc2ncccc12. The van der Waals surface area contributed by atoms with Crippen molar-refractivity contribution < 1.29 is 18.0 Å². The Morgan fingerprint density at radius 2 is 2.21 bits per heavy atom. The second-order valence-corrected chi connectivity index (χ2v) is 4.82. The molecule has 0 aliphatic carbocycles. The standard InChI is InChI=1S/C11H10F3N3OS/c12-11(13,14)3-5-16-9(18)8-7(15)6-2-1-4-17-10(6)19-8/h1-2,4H,3,5,15H2,(H,16,18). The van der Waals surface area contributed by atoms with E-state index in [2.05, 4.69) is 10.3 Å². The summed E-state index contributed by atoms with van der Waals surface area (Å²) in [6.07, 6.45) is -3.80. The first-order valence-electron chi connectivity index (χ1n) is 5.36. The number of pyridine rings is 1. The molecule has 0 unspecified atom stereocenters. The molecule has 102 valence electrons. The summed E-state index contributed by atoms with van der Waals surface area (Å²) in [7, 11) is 0. The van der Waals surface area contributed by atoms with Gasteiger partial charge in [-0.1, -0.05) is 0 Å². The van der Waals surface area contributed by atoms with Crippen LogP contribution in [-0.2, 0) is 0 Å². The van der Waals surface area contributed by atoms with Gasteiger partial charge in [-0.2, -0.15) is 13.2 Å². The van der Waals surface area contributed by atoms with Crippen molar-refractivity contribution in [3.8, 4) is 0 Å². The van der Waals surface area contributed by atoms with Gasteiger partial charge in [0.05, 0.1) is 12.1 Å². The summed E-state index contributed by atoms with van der Waals surface area (Å²) in [4.78, 5) is 16.6. The van der Waals surface area contributed by atoms with Gasteiger partial charge in [0.1, 0.15) is 9.71 Å². The van der Waals surface area contributed by atoms with Gasteiger partial charge in [-0.25, -0.2) is 4.98 Å². The Kier molecular flexibility index (Phi) is 3.61. The van der Waals surface area contributed by atoms with Gasteiger partial charge in [-0.05, 0) is 12.1 Å². The molecule has 4 nitrogen and oxygen atoms in total. The maximum absolute atomic E-state index is 12.0. The highest BCUT2D eigenvalue weighted by atomic mass is 32.1. The molecule has 1 amide bonds. The molecular formula is C11H10F3N3OS. The minimum atomic E-state index is -4.29. The first-order chi connectivity index (χ1) is 8.88. The highest BCUT2D eigenvalue weighted by molar-refractivity contribution is 7.21. The van der Waals surface area contributed by atoms with E-state index in [1.54, 1.807) is 18.3 Å². The predicted octanol–water partition coefficient (Wildman–Crippen LogP) is 2.56. The van der Waals surface area contributed by atoms with Gasteiger partial charge < -0.3 is 11.1 Å². The van der Waals surface area contributed by atoms with Crippen LogP contribution in [0.25, 0.3) is 10.2 Å². The summed E-state index contributed by atoms with van der Waals surface area (Å²) in [5.74, 6) is -0.607. The predicted molar refractivity (Wildman–Crippen MR) is 67.0 cm³/mol. The lowest BCUT2D eigenvalue weighted by atomic mass is 10.2. The molecule has 0 saturated carbocycles. The number of hydrogen-bond acceptors (Lipinski definition) is 4. The molecule has 0 radical (unpaired) electrons. The maximum Gasteiger partial charge on any atom is 0.390 e. The van der Waals surface area contributed by atoms with E-state index in [-0.39, 0.29) is 10.6 Å². The third-order valence-corrected chi connectivity index (χ3v) is 3.53. The third-order valence-electron chi connectivity index (χ3n) is 2.40. The van der Waals surface area contributed by atoms with Gasteiger partial charge in [0.25, 0.3) is 5.91 Å². The van der Waals surface area contributed by atoms with Gasteiger partial charge >= 0.3 is 6.18 Å². The fourth-order valence-electron chi connectivity index (χ4n) is 1.52. The average molecular weight is 289 g/mol. The lowest BCUT2D eigenvalue weighted by Gasteiger charge is -2.07. The van der Waals surface area contributed by atoms with Crippen LogP contribution in [0.5, 0.6) is 0 Å². The molecule has 2 rings (SSSR count). The molecule has 2 aromatic heterocycles. The normalized spacial score (nSPS) is 11.7. The van der Waals surface area contributed by atoms with E-state index in [0.29, 0.717) is 10.2 Å². The monoisotopic (exact) mass is 289 g/mol. The van der Waals surface area contributed by atoms with E-state index in [1.807, 2.05) is 0 Å². The number of halogens is 3. The number of nitrogens with one attached hydrogen (secondary N) is 1. The van der Waals surface area contributed by atoms with Crippen molar-refractivity contribution in [3.05, 3.63) is 23.2 Å². The topological polar surface area (TPSA) is 68.0 Å². The Morgan fingerprint density at radius 3 is 2.84 bits per heavy atom. The quantitative estimate of drug-likeness (QED) is 0.912. The van der Waals surface area contributed by atoms with E-state index in [4.69, 9.17) is 5.73 Å². The molecule has 0 saturated heterocycles. The zero-order valence-corrected chi connectivity index (χ0v) is 10.4. The van der Waals surface area contributed by atoms with Crippen molar-refractivity contribution in [2.75, 3.05) is 12.3 Å². The minimum Gasteiger partial charge on any atom is -0.397 e. The largest absolute Gasteiger partial charge is 0.397 e. The number of nitrogens with zero attached hydrogens (tertiary/aromatic N) is 1. The Balaban J connectivity index is 2.11. The molecule has 0 fully saturated rings. The number of carbonyl (C=O) groups excluding carboxylic acids is 1. The van der Waals surface area contributed by atoms with Crippen LogP contribution >= 0.6 is 11.3 Å². The number of anilines is 1. The van der Waals surface area contributed by atoms with Crippen molar-refractivity contribution in [1.82, 2.24) is 10.3 Å². The van der Waals surface area contributed by atoms with Crippen LogP contribution < -0.4 is 11.1 Å². The van der Waals surface area contributed by atoms with Crippen molar-refractivity contribution in [3.63, 3.8) is 0 Å². The zero-order valence-electron chi connectivity index (χ0n) is 9.62. The van der Waals surface area contributed by atoms with E-state index < -0.39 is 25.0 Å². The van der Waals surface area contributed by atoms with Gasteiger partial charge in [0.15, 0.2) is 0 Å². The van der Waals surface area contributed by atoms with E-state index >= 15 is 0 Å². The number of hydrogen-bond donors (Lipinski definition) is 2. The molecule has 3 N–H and O–H groups in total. The van der Waals surface area contributed by atoms with Crippen LogP contribution in [0.4, 0.5) is 18.9 Å². The van der Waals surface area contributed by atoms with E-state index in [1.165, 1.54) is 0 Å². The van der Waals surface area contributed by atoms with Crippen molar-refractivity contribution in [2.24, 2.45) is 0 Å². The lowest BCUT2D eigenvalue weighted by Crippen LogP contribution is -2.27. The molecular weight excluding hydrogens is 279 g/mol. The molecule has 8 heteroatoms. The number of thiophene rings is 1. The van der Waals surface area contributed by atoms with Crippen molar-refractivity contribution in [1.29, 1.82) is 0 Å². The number of fused-ring (bicyclic) bond motifs is 1. The summed E-state index contributed by atoms with van der Waals surface area (Å²) >= 11 is 1.06. The van der Waals surface area contributed by atoms with Gasteiger partial charge in [-0.3, -0.25) is 4.79 Å². The Morgan fingerprint density at radius 1 is 1.47 bits per heavy atom. The minimum absolute atomic E-state index is 0.191. The highest BCUT2D eigenvalue weighted by Gasteiger charge is 2.27. The number of aromatic nitrogens is 1. The summed E-state index contributed by atoms with van der Waals surface area (Å²) < 4.78 is 35.9. The first kappa shape index (κ1) is 13.6. The van der Waals surface area contributed by atoms with Crippen LogP contribution in [0.3, 0.4) is 0 Å². The smallest absolute Gasteiger partial charge is 0.390 e. The molecule has 19 heavy (non-hydrogen) atoms. The van der Waals surface area contributed by atoms with Gasteiger partial charge in [0.2, 0.25) is 0 Å². The number of rotatable bonds is 3. The molecule has 0 aromatic carbocycles. The Hall–Kier alpha value is -1.83. The first-order valence-corrected chi connectivity index (χ1v) is 6.18. The molecule has 2 heterocycles. The van der Waals surface area contributed by atoms with Crippen LogP contribution in [0.2, 0.25) is 0 Å². The summed E-state index contributed by atoms with van der Waals surface area (Å²) in [6.45, 7) is -0.469. The molecule has 2 aromatic rings. The Bertz CT molecular complexity index is 609. The summed E-state index contributed by atoms with van der Waals surface area (Å²) in [6, 6.07) is 3.39. The molecule has 0 aliphatic rings. The maximum atomic E-state index is 12.0. The second-order valence-electron chi connectivity index (χ2n) is 3.82. The number of carbonyl (C=O) groups is 1. The van der Waals surface area contributed by atoms with E-state index in [9.17, 15) is 18.0 Å². The van der Waals surface area contributed by atoms with Crippen molar-refractivity contribution in [2.45, 2.75) is 12.6 Å². The van der Waals surface area contributed by atoms with Gasteiger partial charge in [-0.15, -0.1) is 11.3 Å².